The molecule has 3 unspecified atom stereocenters. The molecule has 3 atom stereocenters. The fraction of sp³-hybridized carbons (Fsp3) is 1.00. The Hall–Kier alpha value is -0.0400. The fourth-order valence-corrected chi connectivity index (χ4v) is 3.66. The van der Waals surface area contributed by atoms with Gasteiger partial charge in [0, 0.05) is 0 Å². The van der Waals surface area contributed by atoms with Crippen molar-refractivity contribution in [3.05, 3.63) is 0 Å². The van der Waals surface area contributed by atoms with E-state index in [1.54, 1.807) is 0 Å². The highest BCUT2D eigenvalue weighted by atomic mass is 16.3. The molecule has 17 heavy (non-hydrogen) atoms. The van der Waals surface area contributed by atoms with Crippen LogP contribution in [0.3, 0.4) is 0 Å². The third kappa shape index (κ3) is 2.70. The van der Waals surface area contributed by atoms with Crippen LogP contribution in [0.4, 0.5) is 0 Å². The molecule has 0 amide bonds. The Morgan fingerprint density at radius 1 is 1.06 bits per heavy atom. The molecule has 0 saturated heterocycles. The molecule has 2 fully saturated rings. The van der Waals surface area contributed by atoms with E-state index >= 15 is 0 Å². The third-order valence-electron chi connectivity index (χ3n) is 5.71. The number of fused-ring (bicyclic) bond motifs is 2. The number of aliphatic hydroxyl groups is 1. The van der Waals surface area contributed by atoms with E-state index in [4.69, 9.17) is 0 Å². The minimum absolute atomic E-state index is 0.0313. The third-order valence-corrected chi connectivity index (χ3v) is 5.71. The second-order valence-corrected chi connectivity index (χ2v) is 6.83. The molecule has 1 heteroatoms. The Kier molecular flexibility index (Phi) is 5.07. The zero-order chi connectivity index (χ0) is 13.1. The summed E-state index contributed by atoms with van der Waals surface area (Å²) in [5.74, 6) is 0.780. The van der Waals surface area contributed by atoms with Gasteiger partial charge in [0.15, 0.2) is 0 Å². The largest absolute Gasteiger partial charge is 0.393 e. The number of rotatable bonds is 3. The predicted octanol–water partition coefficient (Wildman–Crippen LogP) is 4.78. The van der Waals surface area contributed by atoms with Crippen molar-refractivity contribution >= 4 is 0 Å². The minimum atomic E-state index is -0.0313. The van der Waals surface area contributed by atoms with E-state index < -0.39 is 0 Å². The summed E-state index contributed by atoms with van der Waals surface area (Å²) in [5.41, 5.74) is 0.601. The van der Waals surface area contributed by atoms with Gasteiger partial charge < -0.3 is 5.11 Å². The maximum Gasteiger partial charge on any atom is 0.0601 e. The van der Waals surface area contributed by atoms with Crippen molar-refractivity contribution in [2.75, 3.05) is 0 Å². The SMILES string of the molecule is CC1(C)C2CCC1(C)C(O)C2.CCCCCC. The molecule has 2 aliphatic carbocycles. The van der Waals surface area contributed by atoms with Crippen LogP contribution in [0.1, 0.15) is 79.6 Å². The quantitative estimate of drug-likeness (QED) is 0.704. The van der Waals surface area contributed by atoms with Gasteiger partial charge in [0.2, 0.25) is 0 Å². The molecule has 2 saturated carbocycles. The van der Waals surface area contributed by atoms with Gasteiger partial charge in [0.25, 0.3) is 0 Å². The van der Waals surface area contributed by atoms with Gasteiger partial charge in [0.05, 0.1) is 6.10 Å². The van der Waals surface area contributed by atoms with Crippen molar-refractivity contribution in [1.29, 1.82) is 0 Å². The molecule has 1 N–H and O–H groups in total. The standard InChI is InChI=1S/C10H18O.C6H14/c1-9(2)7-4-5-10(9,3)8(11)6-7;1-3-5-6-4-2/h7-8,11H,4-6H2,1-3H3;3-6H2,1-2H3. The molecular formula is C16H32O. The average Bonchev–Trinajstić information content (AvgIpc) is 2.60. The van der Waals surface area contributed by atoms with Gasteiger partial charge in [-0.3, -0.25) is 0 Å². The molecule has 0 heterocycles. The second-order valence-electron chi connectivity index (χ2n) is 6.83. The molecule has 0 aromatic heterocycles. The molecule has 2 bridgehead atoms. The number of aliphatic hydroxyl groups excluding tert-OH is 1. The van der Waals surface area contributed by atoms with Crippen LogP contribution >= 0.6 is 0 Å². The Balaban J connectivity index is 0.000000209. The highest BCUT2D eigenvalue weighted by Crippen LogP contribution is 2.65. The Morgan fingerprint density at radius 2 is 1.59 bits per heavy atom. The summed E-state index contributed by atoms with van der Waals surface area (Å²) < 4.78 is 0. The first-order valence-electron chi connectivity index (χ1n) is 7.58. The average molecular weight is 240 g/mol. The van der Waals surface area contributed by atoms with Crippen LogP contribution in [0.25, 0.3) is 0 Å². The number of unbranched alkanes of at least 4 members (excludes halogenated alkanes) is 3. The summed E-state index contributed by atoms with van der Waals surface area (Å²) >= 11 is 0. The Labute approximate surface area is 108 Å². The molecule has 102 valence electrons. The highest BCUT2D eigenvalue weighted by Gasteiger charge is 2.60. The van der Waals surface area contributed by atoms with Crippen LogP contribution in [0.15, 0.2) is 0 Å². The summed E-state index contributed by atoms with van der Waals surface area (Å²) in [6.07, 6.45) is 9.11. The maximum atomic E-state index is 9.81. The van der Waals surface area contributed by atoms with E-state index in [1.165, 1.54) is 38.5 Å². The lowest BCUT2D eigenvalue weighted by atomic mass is 9.70. The van der Waals surface area contributed by atoms with E-state index in [9.17, 15) is 5.11 Å². The van der Waals surface area contributed by atoms with E-state index in [0.717, 1.165) is 12.3 Å². The molecule has 1 nitrogen and oxygen atoms in total. The predicted molar refractivity (Wildman–Crippen MR) is 75.1 cm³/mol. The lowest BCUT2D eigenvalue weighted by Crippen LogP contribution is -2.35. The van der Waals surface area contributed by atoms with Crippen molar-refractivity contribution in [3.63, 3.8) is 0 Å². The molecule has 0 aromatic rings. The summed E-state index contributed by atoms with van der Waals surface area (Å²) in [5, 5.41) is 9.81. The van der Waals surface area contributed by atoms with Gasteiger partial charge in [-0.2, -0.15) is 0 Å². The monoisotopic (exact) mass is 240 g/mol. The topological polar surface area (TPSA) is 20.2 Å². The van der Waals surface area contributed by atoms with Crippen LogP contribution in [0.2, 0.25) is 0 Å². The van der Waals surface area contributed by atoms with Crippen molar-refractivity contribution in [2.24, 2.45) is 16.7 Å². The molecular weight excluding hydrogens is 208 g/mol. The van der Waals surface area contributed by atoms with Gasteiger partial charge in [-0.05, 0) is 36.0 Å². The maximum absolute atomic E-state index is 9.81. The van der Waals surface area contributed by atoms with E-state index in [0.29, 0.717) is 5.41 Å². The van der Waals surface area contributed by atoms with Gasteiger partial charge in [-0.15, -0.1) is 0 Å². The first-order valence-corrected chi connectivity index (χ1v) is 7.58. The Morgan fingerprint density at radius 3 is 1.76 bits per heavy atom. The normalized spacial score (nSPS) is 37.8. The fourth-order valence-electron chi connectivity index (χ4n) is 3.66. The van der Waals surface area contributed by atoms with Crippen molar-refractivity contribution < 1.29 is 5.11 Å². The Bertz CT molecular complexity index is 230. The van der Waals surface area contributed by atoms with Crippen LogP contribution < -0.4 is 0 Å². The van der Waals surface area contributed by atoms with Gasteiger partial charge >= 0.3 is 0 Å². The zero-order valence-corrected chi connectivity index (χ0v) is 12.6. The van der Waals surface area contributed by atoms with Gasteiger partial charge in [-0.1, -0.05) is 60.3 Å². The zero-order valence-electron chi connectivity index (χ0n) is 12.6. The number of hydrogen-bond donors (Lipinski definition) is 1. The molecule has 0 radical (unpaired) electrons. The lowest BCUT2D eigenvalue weighted by molar-refractivity contribution is 0.0126. The van der Waals surface area contributed by atoms with Crippen molar-refractivity contribution in [2.45, 2.75) is 85.7 Å². The van der Waals surface area contributed by atoms with Crippen LogP contribution in [0, 0.1) is 16.7 Å². The van der Waals surface area contributed by atoms with E-state index in [2.05, 4.69) is 34.6 Å². The van der Waals surface area contributed by atoms with E-state index in [1.807, 2.05) is 0 Å². The van der Waals surface area contributed by atoms with Crippen LogP contribution in [-0.4, -0.2) is 11.2 Å². The smallest absolute Gasteiger partial charge is 0.0601 e. The minimum Gasteiger partial charge on any atom is -0.393 e. The van der Waals surface area contributed by atoms with Crippen molar-refractivity contribution in [3.8, 4) is 0 Å². The summed E-state index contributed by atoms with van der Waals surface area (Å²) in [7, 11) is 0. The number of hydrogen-bond acceptors (Lipinski definition) is 1. The van der Waals surface area contributed by atoms with Crippen molar-refractivity contribution in [1.82, 2.24) is 0 Å². The van der Waals surface area contributed by atoms with E-state index in [-0.39, 0.29) is 11.5 Å². The molecule has 2 aliphatic rings. The summed E-state index contributed by atoms with van der Waals surface area (Å²) in [6, 6.07) is 0. The molecule has 0 spiro atoms. The summed E-state index contributed by atoms with van der Waals surface area (Å²) in [6.45, 7) is 11.4. The first-order chi connectivity index (χ1) is 7.90. The molecule has 0 aromatic carbocycles. The van der Waals surface area contributed by atoms with Crippen LogP contribution in [-0.2, 0) is 0 Å². The second kappa shape index (κ2) is 5.73. The van der Waals surface area contributed by atoms with Crippen LogP contribution in [0.5, 0.6) is 0 Å². The van der Waals surface area contributed by atoms with Gasteiger partial charge in [-0.25, -0.2) is 0 Å². The lowest BCUT2D eigenvalue weighted by Gasteiger charge is -2.36. The highest BCUT2D eigenvalue weighted by molar-refractivity contribution is 5.10. The summed E-state index contributed by atoms with van der Waals surface area (Å²) in [4.78, 5) is 0. The first kappa shape index (κ1) is 15.0. The van der Waals surface area contributed by atoms with Gasteiger partial charge in [0.1, 0.15) is 0 Å². The molecule has 0 aliphatic heterocycles. The molecule has 2 rings (SSSR count).